The quantitative estimate of drug-likeness (QED) is 0.830. The third kappa shape index (κ3) is 3.79. The minimum absolute atomic E-state index is 0.0355. The van der Waals surface area contributed by atoms with Crippen LogP contribution < -0.4 is 15.8 Å². The van der Waals surface area contributed by atoms with Crippen LogP contribution in [-0.2, 0) is 0 Å². The number of benzene rings is 2. The number of carbonyl (C=O) groups is 1. The fourth-order valence-electron chi connectivity index (χ4n) is 3.26. The van der Waals surface area contributed by atoms with Gasteiger partial charge in [-0.1, -0.05) is 36.4 Å². The van der Waals surface area contributed by atoms with Crippen molar-refractivity contribution >= 4 is 16.8 Å². The number of nitrogens with zero attached hydrogens (tertiary/aromatic N) is 1. The molecule has 24 heavy (non-hydrogen) atoms. The highest BCUT2D eigenvalue weighted by Gasteiger charge is 2.25. The molecule has 3 rings (SSSR count). The normalized spacial score (nSPS) is 17.7. The molecular formula is C19H25N3O2. The van der Waals surface area contributed by atoms with Crippen molar-refractivity contribution in [2.24, 2.45) is 5.73 Å². The lowest BCUT2D eigenvalue weighted by atomic mass is 10.0. The van der Waals surface area contributed by atoms with Gasteiger partial charge < -0.3 is 20.7 Å². The highest BCUT2D eigenvalue weighted by Crippen LogP contribution is 2.24. The molecule has 5 nitrogen and oxygen atoms in total. The number of hydrogen-bond donors (Lipinski definition) is 2. The van der Waals surface area contributed by atoms with Gasteiger partial charge in [0.1, 0.15) is 12.4 Å². The highest BCUT2D eigenvalue weighted by molar-refractivity contribution is 5.88. The van der Waals surface area contributed by atoms with E-state index in [-0.39, 0.29) is 12.1 Å². The summed E-state index contributed by atoms with van der Waals surface area (Å²) in [5.41, 5.74) is 5.77. The zero-order valence-corrected chi connectivity index (χ0v) is 13.9. The van der Waals surface area contributed by atoms with Crippen LogP contribution in [0.4, 0.5) is 4.79 Å². The molecule has 128 valence electrons. The Morgan fingerprint density at radius 1 is 1.21 bits per heavy atom. The Bertz CT molecular complexity index is 684. The van der Waals surface area contributed by atoms with E-state index in [0.717, 1.165) is 42.3 Å². The Kier molecular flexibility index (Phi) is 5.54. The van der Waals surface area contributed by atoms with Gasteiger partial charge in [0, 0.05) is 24.5 Å². The van der Waals surface area contributed by atoms with Crippen molar-refractivity contribution < 1.29 is 9.53 Å². The smallest absolute Gasteiger partial charge is 0.317 e. The summed E-state index contributed by atoms with van der Waals surface area (Å²) < 4.78 is 5.85. The number of urea groups is 1. The summed E-state index contributed by atoms with van der Waals surface area (Å²) in [5.74, 6) is 0.847. The van der Waals surface area contributed by atoms with Crippen molar-refractivity contribution in [3.05, 3.63) is 42.5 Å². The molecular weight excluding hydrogens is 302 g/mol. The zero-order chi connectivity index (χ0) is 16.8. The third-order valence-electron chi connectivity index (χ3n) is 4.55. The molecule has 5 heteroatoms. The van der Waals surface area contributed by atoms with E-state index in [1.54, 1.807) is 0 Å². The first-order chi connectivity index (χ1) is 11.8. The standard InChI is InChI=1S/C19H25N3O2/c20-14-16-8-3-4-12-22(16)19(23)21-11-13-24-18-10-5-7-15-6-1-2-9-17(15)18/h1-2,5-7,9-10,16H,3-4,8,11-14,20H2,(H,21,23). The van der Waals surface area contributed by atoms with Gasteiger partial charge in [0.2, 0.25) is 0 Å². The molecule has 0 spiro atoms. The summed E-state index contributed by atoms with van der Waals surface area (Å²) in [7, 11) is 0. The number of rotatable bonds is 5. The second kappa shape index (κ2) is 8.02. The molecule has 0 aliphatic carbocycles. The Morgan fingerprint density at radius 2 is 2.04 bits per heavy atom. The van der Waals surface area contributed by atoms with Gasteiger partial charge in [-0.25, -0.2) is 4.79 Å². The minimum Gasteiger partial charge on any atom is -0.491 e. The van der Waals surface area contributed by atoms with Crippen LogP contribution in [0, 0.1) is 0 Å². The molecule has 2 aromatic rings. The number of piperidine rings is 1. The fourth-order valence-corrected chi connectivity index (χ4v) is 3.26. The molecule has 0 bridgehead atoms. The van der Waals surface area contributed by atoms with E-state index in [4.69, 9.17) is 10.5 Å². The number of likely N-dealkylation sites (tertiary alicyclic amines) is 1. The second-order valence-corrected chi connectivity index (χ2v) is 6.14. The average Bonchev–Trinajstić information content (AvgIpc) is 2.65. The van der Waals surface area contributed by atoms with Crippen LogP contribution in [-0.4, -0.2) is 43.2 Å². The van der Waals surface area contributed by atoms with Gasteiger partial charge in [0.15, 0.2) is 0 Å². The maximum Gasteiger partial charge on any atom is 0.317 e. The summed E-state index contributed by atoms with van der Waals surface area (Å²) >= 11 is 0. The van der Waals surface area contributed by atoms with Gasteiger partial charge in [0.25, 0.3) is 0 Å². The number of fused-ring (bicyclic) bond motifs is 1. The van der Waals surface area contributed by atoms with Crippen LogP contribution in [0.2, 0.25) is 0 Å². The molecule has 3 N–H and O–H groups in total. The Hall–Kier alpha value is -2.27. The molecule has 1 aliphatic heterocycles. The van der Waals surface area contributed by atoms with Crippen LogP contribution in [0.15, 0.2) is 42.5 Å². The number of hydrogen-bond acceptors (Lipinski definition) is 3. The fraction of sp³-hybridized carbons (Fsp3) is 0.421. The van der Waals surface area contributed by atoms with Crippen molar-refractivity contribution in [3.63, 3.8) is 0 Å². The van der Waals surface area contributed by atoms with Crippen molar-refractivity contribution in [2.45, 2.75) is 25.3 Å². The number of carbonyl (C=O) groups excluding carboxylic acids is 1. The van der Waals surface area contributed by atoms with Gasteiger partial charge in [-0.15, -0.1) is 0 Å². The predicted molar refractivity (Wildman–Crippen MR) is 96.2 cm³/mol. The van der Waals surface area contributed by atoms with E-state index < -0.39 is 0 Å². The monoisotopic (exact) mass is 327 g/mol. The molecule has 0 saturated carbocycles. The van der Waals surface area contributed by atoms with Crippen LogP contribution in [0.3, 0.4) is 0 Å². The van der Waals surface area contributed by atoms with E-state index in [1.807, 2.05) is 35.2 Å². The molecule has 2 aromatic carbocycles. The molecule has 0 aromatic heterocycles. The third-order valence-corrected chi connectivity index (χ3v) is 4.55. The molecule has 0 radical (unpaired) electrons. The number of nitrogens with two attached hydrogens (primary N) is 1. The first kappa shape index (κ1) is 16.6. The van der Waals surface area contributed by atoms with Gasteiger partial charge >= 0.3 is 6.03 Å². The first-order valence-corrected chi connectivity index (χ1v) is 8.64. The molecule has 1 aliphatic rings. The van der Waals surface area contributed by atoms with Crippen LogP contribution in [0.1, 0.15) is 19.3 Å². The van der Waals surface area contributed by atoms with Crippen molar-refractivity contribution in [1.82, 2.24) is 10.2 Å². The molecule has 1 fully saturated rings. The van der Waals surface area contributed by atoms with E-state index in [1.165, 1.54) is 0 Å². The first-order valence-electron chi connectivity index (χ1n) is 8.64. The zero-order valence-electron chi connectivity index (χ0n) is 13.9. The molecule has 1 atom stereocenters. The van der Waals surface area contributed by atoms with E-state index in [9.17, 15) is 4.79 Å². The molecule has 1 heterocycles. The summed E-state index contributed by atoms with van der Waals surface area (Å²) in [6.07, 6.45) is 3.20. The van der Waals surface area contributed by atoms with Gasteiger partial charge in [0.05, 0.1) is 6.54 Å². The second-order valence-electron chi connectivity index (χ2n) is 6.14. The lowest BCUT2D eigenvalue weighted by molar-refractivity contribution is 0.152. The SMILES string of the molecule is NCC1CCCCN1C(=O)NCCOc1cccc2ccccc12. The summed E-state index contributed by atoms with van der Waals surface area (Å²) in [6, 6.07) is 14.3. The number of amides is 2. The van der Waals surface area contributed by atoms with Gasteiger partial charge in [-0.05, 0) is 30.7 Å². The molecule has 1 unspecified atom stereocenters. The lowest BCUT2D eigenvalue weighted by Gasteiger charge is -2.34. The number of ether oxygens (including phenoxy) is 1. The maximum atomic E-state index is 12.3. The topological polar surface area (TPSA) is 67.6 Å². The van der Waals surface area contributed by atoms with Crippen molar-refractivity contribution in [2.75, 3.05) is 26.2 Å². The van der Waals surface area contributed by atoms with Crippen LogP contribution in [0.25, 0.3) is 10.8 Å². The average molecular weight is 327 g/mol. The largest absolute Gasteiger partial charge is 0.491 e. The summed E-state index contributed by atoms with van der Waals surface area (Å²) in [6.45, 7) is 2.24. The van der Waals surface area contributed by atoms with Crippen molar-refractivity contribution in [3.8, 4) is 5.75 Å². The predicted octanol–water partition coefficient (Wildman–Crippen LogP) is 2.74. The lowest BCUT2D eigenvalue weighted by Crippen LogP contribution is -2.51. The number of nitrogens with one attached hydrogen (secondary N) is 1. The Labute approximate surface area is 142 Å². The van der Waals surface area contributed by atoms with Crippen LogP contribution >= 0.6 is 0 Å². The highest BCUT2D eigenvalue weighted by atomic mass is 16.5. The maximum absolute atomic E-state index is 12.3. The van der Waals surface area contributed by atoms with E-state index in [2.05, 4.69) is 17.4 Å². The Balaban J connectivity index is 1.50. The van der Waals surface area contributed by atoms with Gasteiger partial charge in [-0.2, -0.15) is 0 Å². The van der Waals surface area contributed by atoms with E-state index in [0.29, 0.717) is 19.7 Å². The molecule has 2 amide bonds. The minimum atomic E-state index is -0.0355. The van der Waals surface area contributed by atoms with E-state index >= 15 is 0 Å². The van der Waals surface area contributed by atoms with Crippen LogP contribution in [0.5, 0.6) is 5.75 Å². The Morgan fingerprint density at radius 3 is 2.92 bits per heavy atom. The van der Waals surface area contributed by atoms with Gasteiger partial charge in [-0.3, -0.25) is 0 Å². The summed E-state index contributed by atoms with van der Waals surface area (Å²) in [5, 5.41) is 5.18. The summed E-state index contributed by atoms with van der Waals surface area (Å²) in [4.78, 5) is 14.2. The molecule has 1 saturated heterocycles. The van der Waals surface area contributed by atoms with Crippen molar-refractivity contribution in [1.29, 1.82) is 0 Å².